The van der Waals surface area contributed by atoms with Gasteiger partial charge in [0.1, 0.15) is 5.82 Å². The summed E-state index contributed by atoms with van der Waals surface area (Å²) in [7, 11) is 2.01. The normalized spacial score (nSPS) is 26.4. The first-order valence-corrected chi connectivity index (χ1v) is 6.24. The second-order valence-corrected chi connectivity index (χ2v) is 4.98. The zero-order valence-corrected chi connectivity index (χ0v) is 10.4. The van der Waals surface area contributed by atoms with Crippen LogP contribution in [0, 0.1) is 5.82 Å². The molecular formula is C14H20FNO. The number of aliphatic hydroxyl groups excluding tert-OH is 1. The van der Waals surface area contributed by atoms with E-state index in [-0.39, 0.29) is 18.0 Å². The molecule has 17 heavy (non-hydrogen) atoms. The molecule has 1 aromatic carbocycles. The largest absolute Gasteiger partial charge is 0.393 e. The fourth-order valence-electron chi connectivity index (χ4n) is 2.65. The Labute approximate surface area is 102 Å². The van der Waals surface area contributed by atoms with E-state index in [1.165, 1.54) is 6.07 Å². The number of halogens is 1. The van der Waals surface area contributed by atoms with Gasteiger partial charge in [-0.2, -0.15) is 0 Å². The van der Waals surface area contributed by atoms with Gasteiger partial charge in [-0.25, -0.2) is 4.39 Å². The van der Waals surface area contributed by atoms with Crippen molar-refractivity contribution >= 4 is 0 Å². The molecule has 0 amide bonds. The molecule has 0 saturated heterocycles. The van der Waals surface area contributed by atoms with E-state index in [0.29, 0.717) is 6.04 Å². The lowest BCUT2D eigenvalue weighted by molar-refractivity contribution is 0.144. The zero-order valence-electron chi connectivity index (χ0n) is 10.4. The topological polar surface area (TPSA) is 23.5 Å². The van der Waals surface area contributed by atoms with Gasteiger partial charge in [0, 0.05) is 17.6 Å². The third-order valence-electron chi connectivity index (χ3n) is 3.92. The maximum atomic E-state index is 13.7. The summed E-state index contributed by atoms with van der Waals surface area (Å²) < 4.78 is 13.7. The highest BCUT2D eigenvalue weighted by molar-refractivity contribution is 5.20. The van der Waals surface area contributed by atoms with Gasteiger partial charge in [0.2, 0.25) is 0 Å². The van der Waals surface area contributed by atoms with Crippen molar-refractivity contribution in [1.29, 1.82) is 0 Å². The van der Waals surface area contributed by atoms with Crippen LogP contribution >= 0.6 is 0 Å². The Morgan fingerprint density at radius 3 is 2.65 bits per heavy atom. The van der Waals surface area contributed by atoms with Crippen LogP contribution in [0.2, 0.25) is 0 Å². The molecule has 94 valence electrons. The van der Waals surface area contributed by atoms with Gasteiger partial charge in [-0.05, 0) is 39.3 Å². The number of nitrogens with zero attached hydrogens (tertiary/aromatic N) is 1. The molecule has 0 radical (unpaired) electrons. The van der Waals surface area contributed by atoms with Gasteiger partial charge in [-0.3, -0.25) is 4.90 Å². The van der Waals surface area contributed by atoms with Crippen LogP contribution in [-0.4, -0.2) is 29.2 Å². The maximum Gasteiger partial charge on any atom is 0.127 e. The minimum atomic E-state index is -0.185. The minimum Gasteiger partial charge on any atom is -0.393 e. The quantitative estimate of drug-likeness (QED) is 0.873. The predicted molar refractivity (Wildman–Crippen MR) is 66.2 cm³/mol. The highest BCUT2D eigenvalue weighted by Gasteiger charge is 2.29. The van der Waals surface area contributed by atoms with Crippen LogP contribution in [0.25, 0.3) is 0 Å². The van der Waals surface area contributed by atoms with Crippen LogP contribution in [0.5, 0.6) is 0 Å². The molecule has 1 aliphatic rings. The zero-order chi connectivity index (χ0) is 12.4. The van der Waals surface area contributed by atoms with Crippen molar-refractivity contribution in [1.82, 2.24) is 4.90 Å². The second kappa shape index (κ2) is 5.15. The molecule has 1 aromatic rings. The second-order valence-electron chi connectivity index (χ2n) is 4.98. The summed E-state index contributed by atoms with van der Waals surface area (Å²) in [5.41, 5.74) is 0.733. The summed E-state index contributed by atoms with van der Waals surface area (Å²) in [6, 6.07) is 7.33. The molecule has 0 bridgehead atoms. The van der Waals surface area contributed by atoms with E-state index in [1.807, 2.05) is 26.1 Å². The summed E-state index contributed by atoms with van der Waals surface area (Å²) in [5.74, 6) is -0.148. The number of aliphatic hydroxyl groups is 1. The van der Waals surface area contributed by atoms with Crippen molar-refractivity contribution in [3.63, 3.8) is 0 Å². The average Bonchev–Trinajstić information content (AvgIpc) is 2.75. The summed E-state index contributed by atoms with van der Waals surface area (Å²) in [4.78, 5) is 2.18. The first-order valence-electron chi connectivity index (χ1n) is 6.24. The monoisotopic (exact) mass is 237 g/mol. The lowest BCUT2D eigenvalue weighted by Crippen LogP contribution is -2.32. The van der Waals surface area contributed by atoms with E-state index in [2.05, 4.69) is 4.90 Å². The van der Waals surface area contributed by atoms with E-state index < -0.39 is 0 Å². The Morgan fingerprint density at radius 2 is 2.06 bits per heavy atom. The molecule has 3 unspecified atom stereocenters. The fraction of sp³-hybridized carbons (Fsp3) is 0.571. The van der Waals surface area contributed by atoms with Crippen LogP contribution in [-0.2, 0) is 0 Å². The van der Waals surface area contributed by atoms with Crippen LogP contribution in [0.4, 0.5) is 4.39 Å². The molecule has 0 aliphatic heterocycles. The first-order chi connectivity index (χ1) is 8.09. The molecule has 0 heterocycles. The lowest BCUT2D eigenvalue weighted by atomic mass is 10.0. The molecule has 0 spiro atoms. The van der Waals surface area contributed by atoms with Gasteiger partial charge in [0.25, 0.3) is 0 Å². The Morgan fingerprint density at radius 1 is 1.35 bits per heavy atom. The first kappa shape index (κ1) is 12.5. The lowest BCUT2D eigenvalue weighted by Gasteiger charge is -2.31. The molecule has 1 aliphatic carbocycles. The summed E-state index contributed by atoms with van der Waals surface area (Å²) in [5, 5.41) is 9.55. The summed E-state index contributed by atoms with van der Waals surface area (Å²) in [6.45, 7) is 2.02. The molecule has 3 atom stereocenters. The van der Waals surface area contributed by atoms with Crippen molar-refractivity contribution in [2.75, 3.05) is 7.05 Å². The highest BCUT2D eigenvalue weighted by atomic mass is 19.1. The van der Waals surface area contributed by atoms with Crippen molar-refractivity contribution < 1.29 is 9.50 Å². The molecule has 1 fully saturated rings. The fourth-order valence-corrected chi connectivity index (χ4v) is 2.65. The van der Waals surface area contributed by atoms with E-state index in [1.54, 1.807) is 6.07 Å². The molecule has 2 rings (SSSR count). The van der Waals surface area contributed by atoms with Crippen molar-refractivity contribution in [2.24, 2.45) is 0 Å². The van der Waals surface area contributed by atoms with E-state index in [9.17, 15) is 9.50 Å². The van der Waals surface area contributed by atoms with E-state index in [0.717, 1.165) is 24.8 Å². The molecule has 1 saturated carbocycles. The molecular weight excluding hydrogens is 217 g/mol. The smallest absolute Gasteiger partial charge is 0.127 e. The standard InChI is InChI=1S/C14H20FNO/c1-10(13-5-3-4-6-14(13)15)16(2)11-7-8-12(17)9-11/h3-6,10-12,17H,7-9H2,1-2H3. The van der Waals surface area contributed by atoms with Crippen molar-refractivity contribution in [2.45, 2.75) is 44.4 Å². The number of hydrogen-bond donors (Lipinski definition) is 1. The summed E-state index contributed by atoms with van der Waals surface area (Å²) >= 11 is 0. The molecule has 0 aromatic heterocycles. The van der Waals surface area contributed by atoms with Crippen LogP contribution in [0.15, 0.2) is 24.3 Å². The predicted octanol–water partition coefficient (Wildman–Crippen LogP) is 2.73. The minimum absolute atomic E-state index is 0.0477. The number of benzene rings is 1. The SMILES string of the molecule is CC(c1ccccc1F)N(C)C1CCC(O)C1. The van der Waals surface area contributed by atoms with Gasteiger partial charge in [0.15, 0.2) is 0 Å². The highest BCUT2D eigenvalue weighted by Crippen LogP contribution is 2.30. The molecule has 1 N–H and O–H groups in total. The third kappa shape index (κ3) is 2.67. The van der Waals surface area contributed by atoms with E-state index in [4.69, 9.17) is 0 Å². The summed E-state index contributed by atoms with van der Waals surface area (Å²) in [6.07, 6.45) is 2.47. The molecule has 2 nitrogen and oxygen atoms in total. The average molecular weight is 237 g/mol. The van der Waals surface area contributed by atoms with Gasteiger partial charge >= 0.3 is 0 Å². The van der Waals surface area contributed by atoms with Gasteiger partial charge in [0.05, 0.1) is 6.10 Å². The number of rotatable bonds is 3. The van der Waals surface area contributed by atoms with Gasteiger partial charge in [-0.15, -0.1) is 0 Å². The Bertz CT molecular complexity index is 382. The van der Waals surface area contributed by atoms with Gasteiger partial charge < -0.3 is 5.11 Å². The molecule has 3 heteroatoms. The Kier molecular flexibility index (Phi) is 3.79. The number of hydrogen-bond acceptors (Lipinski definition) is 2. The van der Waals surface area contributed by atoms with E-state index >= 15 is 0 Å². The van der Waals surface area contributed by atoms with Crippen LogP contribution < -0.4 is 0 Å². The Hall–Kier alpha value is -0.930. The van der Waals surface area contributed by atoms with Crippen molar-refractivity contribution in [3.05, 3.63) is 35.6 Å². The van der Waals surface area contributed by atoms with Crippen LogP contribution in [0.1, 0.15) is 37.8 Å². The van der Waals surface area contributed by atoms with Crippen molar-refractivity contribution in [3.8, 4) is 0 Å². The Balaban J connectivity index is 2.09. The van der Waals surface area contributed by atoms with Crippen LogP contribution in [0.3, 0.4) is 0 Å². The maximum absolute atomic E-state index is 13.7. The third-order valence-corrected chi connectivity index (χ3v) is 3.92. The van der Waals surface area contributed by atoms with Gasteiger partial charge in [-0.1, -0.05) is 18.2 Å².